The first-order valence-corrected chi connectivity index (χ1v) is 4.70. The molecule has 0 saturated heterocycles. The molecule has 1 aromatic rings. The second kappa shape index (κ2) is 3.67. The summed E-state index contributed by atoms with van der Waals surface area (Å²) in [6, 6.07) is 7.89. The maximum Gasteiger partial charge on any atom is 0.130 e. The van der Waals surface area contributed by atoms with E-state index < -0.39 is 0 Å². The van der Waals surface area contributed by atoms with Crippen LogP contribution in [0.3, 0.4) is 0 Å². The molecule has 0 aliphatic carbocycles. The van der Waals surface area contributed by atoms with Crippen LogP contribution in [-0.2, 0) is 0 Å². The molecule has 1 atom stereocenters. The summed E-state index contributed by atoms with van der Waals surface area (Å²) in [5.41, 5.74) is 13.3. The van der Waals surface area contributed by atoms with Crippen LogP contribution in [0.1, 0.15) is 12.0 Å². The highest BCUT2D eigenvalue weighted by Crippen LogP contribution is 2.21. The molecular weight excluding hydrogens is 176 g/mol. The summed E-state index contributed by atoms with van der Waals surface area (Å²) in [5, 5.41) is 3.28. The monoisotopic (exact) mass is 190 g/mol. The minimum atomic E-state index is 0.0231. The third kappa shape index (κ3) is 1.56. The molecule has 74 valence electrons. The van der Waals surface area contributed by atoms with Crippen LogP contribution < -0.4 is 16.8 Å². The molecule has 0 fully saturated rings. The maximum absolute atomic E-state index is 5.84. The van der Waals surface area contributed by atoms with Gasteiger partial charge in [-0.3, -0.25) is 0 Å². The van der Waals surface area contributed by atoms with Gasteiger partial charge in [0.15, 0.2) is 0 Å². The Morgan fingerprint density at radius 1 is 1.36 bits per heavy atom. The average molecular weight is 190 g/mol. The molecule has 1 aliphatic heterocycles. The van der Waals surface area contributed by atoms with Crippen molar-refractivity contribution in [2.75, 3.05) is 11.9 Å². The lowest BCUT2D eigenvalue weighted by atomic mass is 10.1. The summed E-state index contributed by atoms with van der Waals surface area (Å²) in [5.74, 6) is 0.595. The molecule has 1 aliphatic rings. The van der Waals surface area contributed by atoms with Crippen LogP contribution in [0.5, 0.6) is 0 Å². The molecule has 1 aromatic carbocycles. The zero-order valence-corrected chi connectivity index (χ0v) is 7.90. The number of amidine groups is 1. The lowest BCUT2D eigenvalue weighted by molar-refractivity contribution is 0.685. The molecule has 1 heterocycles. The second-order valence-electron chi connectivity index (χ2n) is 3.30. The quantitative estimate of drug-likeness (QED) is 0.635. The Kier molecular flexibility index (Phi) is 2.37. The van der Waals surface area contributed by atoms with Crippen molar-refractivity contribution in [1.29, 1.82) is 0 Å². The number of fused-ring (bicyclic) bond motifs is 1. The number of anilines is 1. The predicted molar refractivity (Wildman–Crippen MR) is 58.2 cm³/mol. The van der Waals surface area contributed by atoms with Gasteiger partial charge in [0.05, 0.1) is 0 Å². The molecule has 0 radical (unpaired) electrons. The van der Waals surface area contributed by atoms with Gasteiger partial charge in [0, 0.05) is 17.7 Å². The first kappa shape index (κ1) is 9.02. The van der Waals surface area contributed by atoms with Gasteiger partial charge >= 0.3 is 0 Å². The number of nitrogens with two attached hydrogens (primary N) is 2. The number of rotatable bonds is 2. The number of para-hydroxylation sites is 1. The van der Waals surface area contributed by atoms with Crippen LogP contribution in [-0.4, -0.2) is 18.5 Å². The third-order valence-electron chi connectivity index (χ3n) is 2.26. The molecule has 0 bridgehead atoms. The highest BCUT2D eigenvalue weighted by atomic mass is 15.1. The van der Waals surface area contributed by atoms with Crippen molar-refractivity contribution >= 4 is 11.5 Å². The van der Waals surface area contributed by atoms with Crippen molar-refractivity contribution in [1.82, 2.24) is 0 Å². The maximum atomic E-state index is 5.84. The summed E-state index contributed by atoms with van der Waals surface area (Å²) in [6.07, 6.45) is 0.824. The third-order valence-corrected chi connectivity index (χ3v) is 2.26. The summed E-state index contributed by atoms with van der Waals surface area (Å²) in [4.78, 5) is 4.32. The smallest absolute Gasteiger partial charge is 0.130 e. The Labute approximate surface area is 83.0 Å². The summed E-state index contributed by atoms with van der Waals surface area (Å²) in [6.45, 7) is 0.608. The Morgan fingerprint density at radius 2 is 2.14 bits per heavy atom. The molecule has 4 heteroatoms. The van der Waals surface area contributed by atoms with Gasteiger partial charge in [-0.2, -0.15) is 0 Å². The van der Waals surface area contributed by atoms with Crippen LogP contribution in [0.4, 0.5) is 5.69 Å². The number of hydrogen-bond donors (Lipinski definition) is 3. The van der Waals surface area contributed by atoms with E-state index in [2.05, 4.69) is 10.3 Å². The predicted octanol–water partition coefficient (Wildman–Crippen LogP) is 0.492. The topological polar surface area (TPSA) is 76.4 Å². The van der Waals surface area contributed by atoms with Crippen molar-refractivity contribution < 1.29 is 0 Å². The van der Waals surface area contributed by atoms with Gasteiger partial charge in [-0.15, -0.1) is 0 Å². The van der Waals surface area contributed by atoms with E-state index in [4.69, 9.17) is 11.5 Å². The second-order valence-corrected chi connectivity index (χ2v) is 3.30. The number of aliphatic imine (C=N–C) groups is 1. The SMILES string of the molecule is NCCC1N=C(N)c2ccccc2N1. The fourth-order valence-corrected chi connectivity index (χ4v) is 1.58. The van der Waals surface area contributed by atoms with Gasteiger partial charge in [-0.25, -0.2) is 4.99 Å². The molecule has 0 aromatic heterocycles. The molecule has 14 heavy (non-hydrogen) atoms. The molecule has 0 saturated carbocycles. The molecule has 4 nitrogen and oxygen atoms in total. The van der Waals surface area contributed by atoms with E-state index in [1.54, 1.807) is 0 Å². The fraction of sp³-hybridized carbons (Fsp3) is 0.300. The first-order valence-electron chi connectivity index (χ1n) is 4.70. The lowest BCUT2D eigenvalue weighted by Crippen LogP contribution is -2.31. The Morgan fingerprint density at radius 3 is 2.93 bits per heavy atom. The van der Waals surface area contributed by atoms with Crippen LogP contribution in [0.2, 0.25) is 0 Å². The number of nitrogens with zero attached hydrogens (tertiary/aromatic N) is 1. The van der Waals surface area contributed by atoms with Crippen LogP contribution in [0, 0.1) is 0 Å². The summed E-state index contributed by atoms with van der Waals surface area (Å²) >= 11 is 0. The van der Waals surface area contributed by atoms with Gasteiger partial charge in [-0.1, -0.05) is 12.1 Å². The van der Waals surface area contributed by atoms with Crippen LogP contribution in [0.25, 0.3) is 0 Å². The summed E-state index contributed by atoms with van der Waals surface area (Å²) in [7, 11) is 0. The van der Waals surface area contributed by atoms with E-state index >= 15 is 0 Å². The van der Waals surface area contributed by atoms with E-state index in [1.807, 2.05) is 24.3 Å². The minimum absolute atomic E-state index is 0.0231. The van der Waals surface area contributed by atoms with E-state index in [0.29, 0.717) is 12.4 Å². The van der Waals surface area contributed by atoms with Gasteiger partial charge < -0.3 is 16.8 Å². The normalized spacial score (nSPS) is 19.5. The van der Waals surface area contributed by atoms with Crippen molar-refractivity contribution in [3.63, 3.8) is 0 Å². The molecule has 0 spiro atoms. The molecular formula is C10H14N4. The van der Waals surface area contributed by atoms with E-state index in [9.17, 15) is 0 Å². The fourth-order valence-electron chi connectivity index (χ4n) is 1.58. The van der Waals surface area contributed by atoms with E-state index in [1.165, 1.54) is 0 Å². The highest BCUT2D eigenvalue weighted by molar-refractivity contribution is 6.03. The molecule has 5 N–H and O–H groups in total. The largest absolute Gasteiger partial charge is 0.383 e. The average Bonchev–Trinajstić information content (AvgIpc) is 2.18. The Bertz CT molecular complexity index is 359. The standard InChI is InChI=1S/C10H14N4/c11-6-5-9-13-8-4-2-1-3-7(8)10(12)14-9/h1-4,9,13H,5-6,11H2,(H2,12,14). The zero-order valence-electron chi connectivity index (χ0n) is 7.90. The van der Waals surface area contributed by atoms with Gasteiger partial charge in [0.1, 0.15) is 12.0 Å². The Balaban J connectivity index is 2.30. The van der Waals surface area contributed by atoms with Crippen molar-refractivity contribution in [3.8, 4) is 0 Å². The van der Waals surface area contributed by atoms with Gasteiger partial charge in [-0.05, 0) is 18.7 Å². The zero-order chi connectivity index (χ0) is 9.97. The van der Waals surface area contributed by atoms with Crippen molar-refractivity contribution in [2.24, 2.45) is 16.5 Å². The van der Waals surface area contributed by atoms with Gasteiger partial charge in [0.25, 0.3) is 0 Å². The molecule has 0 amide bonds. The number of benzene rings is 1. The van der Waals surface area contributed by atoms with Crippen molar-refractivity contribution in [3.05, 3.63) is 29.8 Å². The minimum Gasteiger partial charge on any atom is -0.383 e. The van der Waals surface area contributed by atoms with Crippen LogP contribution >= 0.6 is 0 Å². The lowest BCUT2D eigenvalue weighted by Gasteiger charge is -2.23. The first-order chi connectivity index (χ1) is 6.81. The van der Waals surface area contributed by atoms with Gasteiger partial charge in [0.2, 0.25) is 0 Å². The number of nitrogens with one attached hydrogen (secondary N) is 1. The molecule has 1 unspecified atom stereocenters. The summed E-state index contributed by atoms with van der Waals surface area (Å²) < 4.78 is 0. The Hall–Kier alpha value is -1.55. The highest BCUT2D eigenvalue weighted by Gasteiger charge is 2.16. The van der Waals surface area contributed by atoms with E-state index in [-0.39, 0.29) is 6.17 Å². The molecule has 2 rings (SSSR count). The van der Waals surface area contributed by atoms with E-state index in [0.717, 1.165) is 17.7 Å². The number of hydrogen-bond acceptors (Lipinski definition) is 4. The van der Waals surface area contributed by atoms with Crippen molar-refractivity contribution in [2.45, 2.75) is 12.6 Å². The van der Waals surface area contributed by atoms with Crippen LogP contribution in [0.15, 0.2) is 29.3 Å².